The number of hydrogen-bond acceptors (Lipinski definition) is 4. The molecule has 2 amide bonds. The van der Waals surface area contributed by atoms with Gasteiger partial charge in [-0.25, -0.2) is 0 Å². The monoisotopic (exact) mass is 381 g/mol. The first kappa shape index (κ1) is 19.9. The van der Waals surface area contributed by atoms with E-state index in [1.807, 2.05) is 66.4 Å². The van der Waals surface area contributed by atoms with Gasteiger partial charge in [0.05, 0.1) is 13.2 Å². The summed E-state index contributed by atoms with van der Waals surface area (Å²) >= 11 is 0. The highest BCUT2D eigenvalue weighted by Gasteiger charge is 2.23. The Bertz CT molecular complexity index is 787. The van der Waals surface area contributed by atoms with Crippen LogP contribution in [0.4, 0.5) is 0 Å². The van der Waals surface area contributed by atoms with E-state index >= 15 is 0 Å². The van der Waals surface area contributed by atoms with Crippen molar-refractivity contribution in [1.29, 1.82) is 0 Å². The number of rotatable bonds is 7. The zero-order valence-corrected chi connectivity index (χ0v) is 16.3. The van der Waals surface area contributed by atoms with Crippen LogP contribution in [0, 0.1) is 0 Å². The maximum absolute atomic E-state index is 12.5. The van der Waals surface area contributed by atoms with Crippen molar-refractivity contribution in [2.75, 3.05) is 39.3 Å². The number of ether oxygens (including phenoxy) is 1. The van der Waals surface area contributed by atoms with Gasteiger partial charge in [0.2, 0.25) is 5.91 Å². The van der Waals surface area contributed by atoms with Gasteiger partial charge in [0.15, 0.2) is 0 Å². The molecule has 2 aromatic carbocycles. The van der Waals surface area contributed by atoms with Gasteiger partial charge in [-0.2, -0.15) is 0 Å². The summed E-state index contributed by atoms with van der Waals surface area (Å²) in [5.41, 5.74) is 1.72. The second-order valence-electron chi connectivity index (χ2n) is 6.79. The number of carbonyl (C=O) groups is 2. The second kappa shape index (κ2) is 9.90. The maximum atomic E-state index is 12.5. The molecule has 0 bridgehead atoms. The van der Waals surface area contributed by atoms with E-state index in [1.165, 1.54) is 0 Å². The molecule has 6 nitrogen and oxygen atoms in total. The quantitative estimate of drug-likeness (QED) is 0.798. The van der Waals surface area contributed by atoms with Gasteiger partial charge in [-0.1, -0.05) is 30.3 Å². The predicted molar refractivity (Wildman–Crippen MR) is 108 cm³/mol. The fourth-order valence-electron chi connectivity index (χ4n) is 3.24. The summed E-state index contributed by atoms with van der Waals surface area (Å²) in [4.78, 5) is 28.7. The molecule has 28 heavy (non-hydrogen) atoms. The molecule has 0 saturated carbocycles. The van der Waals surface area contributed by atoms with Crippen molar-refractivity contribution in [2.45, 2.75) is 13.5 Å². The standard InChI is InChI=1S/C22H27N3O3/c1-2-28-20-10-6-7-18(15-20)16-23-21(26)17-24-11-13-25(14-12-24)22(27)19-8-4-3-5-9-19/h3-10,15H,2,11-14,16-17H2,1H3,(H,23,26). The van der Waals surface area contributed by atoms with E-state index in [9.17, 15) is 9.59 Å². The first-order valence-corrected chi connectivity index (χ1v) is 9.71. The maximum Gasteiger partial charge on any atom is 0.253 e. The van der Waals surface area contributed by atoms with Crippen LogP contribution in [0.25, 0.3) is 0 Å². The van der Waals surface area contributed by atoms with Crippen molar-refractivity contribution in [3.63, 3.8) is 0 Å². The molecule has 0 radical (unpaired) electrons. The molecule has 0 aliphatic carbocycles. The second-order valence-corrected chi connectivity index (χ2v) is 6.79. The van der Waals surface area contributed by atoms with E-state index in [1.54, 1.807) is 0 Å². The number of benzene rings is 2. The summed E-state index contributed by atoms with van der Waals surface area (Å²) in [6.07, 6.45) is 0. The minimum absolute atomic E-state index is 0.00958. The van der Waals surface area contributed by atoms with E-state index in [0.717, 1.165) is 11.3 Å². The van der Waals surface area contributed by atoms with Gasteiger partial charge in [-0.05, 0) is 36.8 Å². The molecule has 1 aliphatic rings. The molecule has 148 valence electrons. The smallest absolute Gasteiger partial charge is 0.253 e. The van der Waals surface area contributed by atoms with Gasteiger partial charge >= 0.3 is 0 Å². The van der Waals surface area contributed by atoms with Gasteiger partial charge in [0.25, 0.3) is 5.91 Å². The Labute approximate surface area is 166 Å². The van der Waals surface area contributed by atoms with Crippen molar-refractivity contribution in [3.8, 4) is 5.75 Å². The molecule has 1 fully saturated rings. The van der Waals surface area contributed by atoms with Crippen LogP contribution in [0.5, 0.6) is 5.75 Å². The van der Waals surface area contributed by atoms with E-state index in [0.29, 0.717) is 51.4 Å². The zero-order chi connectivity index (χ0) is 19.8. The first-order valence-electron chi connectivity index (χ1n) is 9.71. The van der Waals surface area contributed by atoms with Gasteiger partial charge in [0, 0.05) is 38.3 Å². The summed E-state index contributed by atoms with van der Waals surface area (Å²) in [5, 5.41) is 2.96. The van der Waals surface area contributed by atoms with Crippen molar-refractivity contribution in [3.05, 3.63) is 65.7 Å². The van der Waals surface area contributed by atoms with Crippen LogP contribution < -0.4 is 10.1 Å². The summed E-state index contributed by atoms with van der Waals surface area (Å²) < 4.78 is 5.48. The van der Waals surface area contributed by atoms with Gasteiger partial charge in [-0.3, -0.25) is 14.5 Å². The summed E-state index contributed by atoms with van der Waals surface area (Å²) in [7, 11) is 0. The third-order valence-electron chi connectivity index (χ3n) is 4.75. The molecule has 0 unspecified atom stereocenters. The Kier molecular flexibility index (Phi) is 7.03. The van der Waals surface area contributed by atoms with Crippen molar-refractivity contribution in [1.82, 2.24) is 15.1 Å². The van der Waals surface area contributed by atoms with Crippen LogP contribution in [0.2, 0.25) is 0 Å². The summed E-state index contributed by atoms with van der Waals surface area (Å²) in [6.45, 7) is 6.06. The van der Waals surface area contributed by atoms with Gasteiger partial charge in [-0.15, -0.1) is 0 Å². The Balaban J connectivity index is 1.41. The number of nitrogens with one attached hydrogen (secondary N) is 1. The van der Waals surface area contributed by atoms with Crippen molar-refractivity contribution in [2.24, 2.45) is 0 Å². The van der Waals surface area contributed by atoms with Gasteiger partial charge in [0.1, 0.15) is 5.75 Å². The van der Waals surface area contributed by atoms with Crippen LogP contribution in [0.15, 0.2) is 54.6 Å². The third kappa shape index (κ3) is 5.57. The van der Waals surface area contributed by atoms with Gasteiger partial charge < -0.3 is 15.0 Å². The molecular weight excluding hydrogens is 354 g/mol. The normalized spacial score (nSPS) is 14.5. The van der Waals surface area contributed by atoms with E-state index < -0.39 is 0 Å². The highest BCUT2D eigenvalue weighted by atomic mass is 16.5. The molecule has 6 heteroatoms. The molecular formula is C22H27N3O3. The van der Waals surface area contributed by atoms with Crippen molar-refractivity contribution >= 4 is 11.8 Å². The minimum Gasteiger partial charge on any atom is -0.494 e. The third-order valence-corrected chi connectivity index (χ3v) is 4.75. The number of piperazine rings is 1. The van der Waals surface area contributed by atoms with Crippen LogP contribution >= 0.6 is 0 Å². The van der Waals surface area contributed by atoms with Crippen LogP contribution in [-0.2, 0) is 11.3 Å². The largest absolute Gasteiger partial charge is 0.494 e. The average Bonchev–Trinajstić information content (AvgIpc) is 2.73. The zero-order valence-electron chi connectivity index (χ0n) is 16.3. The SMILES string of the molecule is CCOc1cccc(CNC(=O)CN2CCN(C(=O)c3ccccc3)CC2)c1. The molecule has 2 aromatic rings. The lowest BCUT2D eigenvalue weighted by Gasteiger charge is -2.34. The topological polar surface area (TPSA) is 61.9 Å². The molecule has 0 atom stereocenters. The van der Waals surface area contributed by atoms with Crippen LogP contribution in [0.1, 0.15) is 22.8 Å². The Morgan fingerprint density at radius 1 is 1.00 bits per heavy atom. The summed E-state index contributed by atoms with van der Waals surface area (Å²) in [6, 6.07) is 17.1. The van der Waals surface area contributed by atoms with Crippen LogP contribution in [-0.4, -0.2) is 60.9 Å². The molecule has 0 spiro atoms. The van der Waals surface area contributed by atoms with E-state index in [4.69, 9.17) is 4.74 Å². The highest BCUT2D eigenvalue weighted by molar-refractivity contribution is 5.94. The molecule has 0 aromatic heterocycles. The van der Waals surface area contributed by atoms with Crippen molar-refractivity contribution < 1.29 is 14.3 Å². The summed E-state index contributed by atoms with van der Waals surface area (Å²) in [5.74, 6) is 0.858. The number of hydrogen-bond donors (Lipinski definition) is 1. The minimum atomic E-state index is -0.00958. The number of amides is 2. The number of nitrogens with zero attached hydrogens (tertiary/aromatic N) is 2. The van der Waals surface area contributed by atoms with Crippen LogP contribution in [0.3, 0.4) is 0 Å². The molecule has 1 saturated heterocycles. The highest BCUT2D eigenvalue weighted by Crippen LogP contribution is 2.13. The lowest BCUT2D eigenvalue weighted by molar-refractivity contribution is -0.122. The van der Waals surface area contributed by atoms with E-state index in [2.05, 4.69) is 10.2 Å². The lowest BCUT2D eigenvalue weighted by atomic mass is 10.2. The molecule has 1 aliphatic heterocycles. The molecule has 3 rings (SSSR count). The Morgan fingerprint density at radius 2 is 1.75 bits per heavy atom. The predicted octanol–water partition coefficient (Wildman–Crippen LogP) is 2.16. The Hall–Kier alpha value is -2.86. The fraction of sp³-hybridized carbons (Fsp3) is 0.364. The fourth-order valence-corrected chi connectivity index (χ4v) is 3.24. The Morgan fingerprint density at radius 3 is 2.46 bits per heavy atom. The van der Waals surface area contributed by atoms with E-state index in [-0.39, 0.29) is 11.8 Å². The lowest BCUT2D eigenvalue weighted by Crippen LogP contribution is -2.51. The molecule has 1 heterocycles. The molecule has 1 N–H and O–H groups in total. The first-order chi connectivity index (χ1) is 13.7. The average molecular weight is 381 g/mol. The number of carbonyl (C=O) groups excluding carboxylic acids is 2.